The van der Waals surface area contributed by atoms with E-state index in [1.165, 1.54) is 0 Å². The van der Waals surface area contributed by atoms with Crippen molar-refractivity contribution in [1.82, 2.24) is 29.9 Å². The molecule has 0 saturated carbocycles. The molecule has 334 valence electrons. The molecule has 6 rings (SSSR count). The maximum Gasteiger partial charge on any atom is 0.322 e. The number of carboxylic acids is 1. The number of carboxylic acid groups (broad SMARTS) is 1. The molecule has 0 saturated heterocycles. The lowest BCUT2D eigenvalue weighted by atomic mass is 9.94. The van der Waals surface area contributed by atoms with Gasteiger partial charge in [0.15, 0.2) is 34.9 Å². The summed E-state index contributed by atoms with van der Waals surface area (Å²) < 4.78 is -4.43. The van der Waals surface area contributed by atoms with Crippen molar-refractivity contribution in [3.8, 4) is 22.8 Å². The van der Waals surface area contributed by atoms with Gasteiger partial charge in [-0.15, -0.1) is 23.5 Å². The van der Waals surface area contributed by atoms with Gasteiger partial charge in [0.05, 0.1) is 0 Å². The first-order valence-corrected chi connectivity index (χ1v) is 24.0. The van der Waals surface area contributed by atoms with Crippen molar-refractivity contribution in [2.45, 2.75) is 48.0 Å². The van der Waals surface area contributed by atoms with Gasteiger partial charge in [-0.2, -0.15) is 0 Å². The van der Waals surface area contributed by atoms with Gasteiger partial charge in [-0.05, 0) is 41.8 Å². The SMILES string of the molecule is O=C(OCc1ccccc1)C(Sc1ccc(-c2nc(C(Cl)(Cl)Cl)nc(C(Cl)(Cl)Cl)n2)cc1)C(Cc1ccccc1)(Sc1ccc(-c2nc(C(Cl)(Cl)Cl)nc(C(Cl)(Cl)Cl)n2)cc1)C(=O)O. The van der Waals surface area contributed by atoms with E-state index in [4.69, 9.17) is 144 Å². The minimum absolute atomic E-state index is 0.000173. The number of benzene rings is 4. The number of alkyl halides is 12. The molecule has 0 fully saturated rings. The molecule has 2 heterocycles. The molecule has 2 atom stereocenters. The Hall–Kier alpha value is -1.98. The van der Waals surface area contributed by atoms with Crippen LogP contribution >= 0.6 is 163 Å². The number of aromatic nitrogens is 6. The number of hydrogen-bond donors (Lipinski definition) is 1. The quantitative estimate of drug-likeness (QED) is 0.0668. The molecule has 1 N–H and O–H groups in total. The van der Waals surface area contributed by atoms with Gasteiger partial charge < -0.3 is 9.84 Å². The topological polar surface area (TPSA) is 141 Å². The molecular formula is C40H24Cl12N6O4S2. The number of hydrogen-bond acceptors (Lipinski definition) is 11. The number of nitrogens with zero attached hydrogens (tertiary/aromatic N) is 6. The van der Waals surface area contributed by atoms with Crippen LogP contribution in [0.1, 0.15) is 34.4 Å². The Bertz CT molecular complexity index is 2540. The van der Waals surface area contributed by atoms with E-state index in [2.05, 4.69) is 29.9 Å². The van der Waals surface area contributed by atoms with Crippen LogP contribution in [-0.2, 0) is 42.5 Å². The average Bonchev–Trinajstić information content (AvgIpc) is 3.24. The van der Waals surface area contributed by atoms with Gasteiger partial charge in [0, 0.05) is 20.9 Å². The Morgan fingerprint density at radius 3 is 1.27 bits per heavy atom. The third-order valence-electron chi connectivity index (χ3n) is 8.60. The van der Waals surface area contributed by atoms with Gasteiger partial charge in [0.2, 0.25) is 15.2 Å². The number of carbonyl (C=O) groups is 2. The summed E-state index contributed by atoms with van der Waals surface area (Å²) in [6.07, 6.45) is -0.136. The zero-order valence-electron chi connectivity index (χ0n) is 31.6. The van der Waals surface area contributed by atoms with Crippen molar-refractivity contribution < 1.29 is 19.4 Å². The fourth-order valence-electron chi connectivity index (χ4n) is 5.67. The maximum absolute atomic E-state index is 14.6. The summed E-state index contributed by atoms with van der Waals surface area (Å²) in [6.45, 7) is -0.134. The zero-order valence-corrected chi connectivity index (χ0v) is 42.3. The zero-order chi connectivity index (χ0) is 46.7. The lowest BCUT2D eigenvalue weighted by Gasteiger charge is -2.35. The monoisotopic (exact) mass is 1140 g/mol. The van der Waals surface area contributed by atoms with Crippen LogP contribution in [0.15, 0.2) is 119 Å². The number of rotatable bonds is 13. The molecule has 64 heavy (non-hydrogen) atoms. The lowest BCUT2D eigenvalue weighted by molar-refractivity contribution is -0.150. The highest BCUT2D eigenvalue weighted by atomic mass is 35.6. The minimum Gasteiger partial charge on any atom is -0.480 e. The summed E-state index contributed by atoms with van der Waals surface area (Å²) in [4.78, 5) is 54.6. The molecule has 0 bridgehead atoms. The lowest BCUT2D eigenvalue weighted by Crippen LogP contribution is -2.51. The first-order chi connectivity index (χ1) is 29.9. The molecule has 6 aromatic rings. The van der Waals surface area contributed by atoms with Crippen molar-refractivity contribution in [3.05, 3.63) is 144 Å². The number of thioether (sulfide) groups is 2. The van der Waals surface area contributed by atoms with E-state index in [0.29, 0.717) is 32.0 Å². The summed E-state index contributed by atoms with van der Waals surface area (Å²) in [7, 11) is 0. The van der Waals surface area contributed by atoms with Crippen LogP contribution in [0.5, 0.6) is 0 Å². The molecule has 0 amide bonds. The van der Waals surface area contributed by atoms with Crippen LogP contribution in [-0.4, -0.2) is 56.9 Å². The molecular weight excluding hydrogens is 1120 g/mol. The van der Waals surface area contributed by atoms with E-state index in [-0.39, 0.29) is 48.0 Å². The number of halogens is 12. The molecule has 10 nitrogen and oxygen atoms in total. The van der Waals surface area contributed by atoms with Crippen LogP contribution in [0.3, 0.4) is 0 Å². The summed E-state index contributed by atoms with van der Waals surface area (Å²) >= 11 is 75.1. The summed E-state index contributed by atoms with van der Waals surface area (Å²) in [6, 6.07) is 30.7. The first kappa shape index (κ1) is 51.4. The van der Waals surface area contributed by atoms with E-state index in [1.54, 1.807) is 103 Å². The second-order valence-electron chi connectivity index (χ2n) is 13.2. The Morgan fingerprint density at radius 2 is 0.891 bits per heavy atom. The van der Waals surface area contributed by atoms with Crippen LogP contribution < -0.4 is 0 Å². The Balaban J connectivity index is 1.43. The van der Waals surface area contributed by atoms with Gasteiger partial charge in [-0.1, -0.05) is 224 Å². The Morgan fingerprint density at radius 1 is 0.516 bits per heavy atom. The van der Waals surface area contributed by atoms with Gasteiger partial charge in [-0.25, -0.2) is 29.9 Å². The Kier molecular flexibility index (Phi) is 17.0. The average molecular weight is 1140 g/mol. The molecule has 0 aliphatic heterocycles. The smallest absolute Gasteiger partial charge is 0.322 e. The second-order valence-corrected chi connectivity index (χ2v) is 24.9. The predicted octanol–water partition coefficient (Wildman–Crippen LogP) is 13.8. The van der Waals surface area contributed by atoms with Crippen LogP contribution in [0.25, 0.3) is 22.8 Å². The van der Waals surface area contributed by atoms with Crippen molar-refractivity contribution in [2.75, 3.05) is 0 Å². The van der Waals surface area contributed by atoms with E-state index in [0.717, 1.165) is 23.5 Å². The summed E-state index contributed by atoms with van der Waals surface area (Å²) in [5, 5.41) is 10.0. The number of aliphatic carboxylic acids is 1. The van der Waals surface area contributed by atoms with Crippen molar-refractivity contribution in [1.29, 1.82) is 0 Å². The normalized spacial score (nSPS) is 13.8. The molecule has 0 spiro atoms. The predicted molar refractivity (Wildman–Crippen MR) is 260 cm³/mol. The minimum atomic E-state index is -2.10. The van der Waals surface area contributed by atoms with Gasteiger partial charge >= 0.3 is 11.9 Å². The molecule has 0 aliphatic carbocycles. The third-order valence-corrected chi connectivity index (χ3v) is 13.6. The fraction of sp³-hybridized carbons (Fsp3) is 0.200. The molecule has 24 heteroatoms. The maximum atomic E-state index is 14.6. The second kappa shape index (κ2) is 21.1. The Labute approximate surface area is 434 Å². The third kappa shape index (κ3) is 13.4. The molecule has 0 aliphatic rings. The van der Waals surface area contributed by atoms with Crippen molar-refractivity contribution in [3.63, 3.8) is 0 Å². The molecule has 2 aromatic heterocycles. The van der Waals surface area contributed by atoms with Crippen LogP contribution in [0.4, 0.5) is 0 Å². The molecule has 2 unspecified atom stereocenters. The van der Waals surface area contributed by atoms with Crippen LogP contribution in [0.2, 0.25) is 0 Å². The highest BCUT2D eigenvalue weighted by molar-refractivity contribution is 8.05. The number of esters is 1. The largest absolute Gasteiger partial charge is 0.480 e. The van der Waals surface area contributed by atoms with Gasteiger partial charge in [-0.3, -0.25) is 9.59 Å². The van der Waals surface area contributed by atoms with Crippen molar-refractivity contribution >= 4 is 175 Å². The van der Waals surface area contributed by atoms with E-state index < -0.39 is 37.1 Å². The van der Waals surface area contributed by atoms with E-state index in [1.807, 2.05) is 6.07 Å². The van der Waals surface area contributed by atoms with E-state index in [9.17, 15) is 14.7 Å². The summed E-state index contributed by atoms with van der Waals surface area (Å²) in [5.74, 6) is -3.31. The fourth-order valence-corrected chi connectivity index (χ4v) is 9.30. The number of ether oxygens (including phenoxy) is 1. The van der Waals surface area contributed by atoms with Gasteiger partial charge in [0.25, 0.3) is 0 Å². The summed E-state index contributed by atoms with van der Waals surface area (Å²) in [5.41, 5.74) is 2.06. The highest BCUT2D eigenvalue weighted by Gasteiger charge is 2.52. The molecule has 0 radical (unpaired) electrons. The van der Waals surface area contributed by atoms with Crippen LogP contribution in [0, 0.1) is 0 Å². The number of carbonyl (C=O) groups excluding carboxylic acids is 1. The van der Waals surface area contributed by atoms with Crippen molar-refractivity contribution in [2.24, 2.45) is 0 Å². The van der Waals surface area contributed by atoms with E-state index >= 15 is 0 Å². The highest BCUT2D eigenvalue weighted by Crippen LogP contribution is 2.48. The standard InChI is InChI=1S/C40H24Cl12N6O4S2/c41-37(42,43)31-53-28(54-32(57-31)38(44,45)46)23-11-15-25(16-12-23)63-27(30(59)62-20-22-9-5-2-6-10-22)36(35(60)61,19-21-7-3-1-4-8-21)64-26-17-13-24(14-18-26)29-55-33(39(47,48)49)58-34(56-29)40(50,51)52/h1-18,27H,19-20H2,(H,60,61). The first-order valence-electron chi connectivity index (χ1n) is 17.8. The molecule has 4 aromatic carbocycles. The van der Waals surface area contributed by atoms with Gasteiger partial charge in [0.1, 0.15) is 16.6 Å².